The molecule has 1 amide bonds. The topological polar surface area (TPSA) is 83.8 Å². The number of nitrogens with two attached hydrogens (primary N) is 1. The standard InChI is InChI=1S/C12H14N4O/c1-7-6-11(8(2)5-9(7)13)15-12(17)10-3-4-14-16-10/h3-6H,13H2,1-2H3,(H,14,16)(H,15,17). The number of rotatable bonds is 2. The van der Waals surface area contributed by atoms with Gasteiger partial charge < -0.3 is 11.1 Å². The molecule has 0 aliphatic heterocycles. The first-order valence-corrected chi connectivity index (χ1v) is 5.25. The van der Waals surface area contributed by atoms with Crippen molar-refractivity contribution in [3.63, 3.8) is 0 Å². The van der Waals surface area contributed by atoms with Gasteiger partial charge in [0.15, 0.2) is 0 Å². The maximum absolute atomic E-state index is 11.8. The molecule has 1 heterocycles. The van der Waals surface area contributed by atoms with Gasteiger partial charge in [-0.15, -0.1) is 0 Å². The third-order valence-corrected chi connectivity index (χ3v) is 2.61. The van der Waals surface area contributed by atoms with Crippen molar-refractivity contribution in [1.82, 2.24) is 10.2 Å². The van der Waals surface area contributed by atoms with Crippen molar-refractivity contribution in [2.75, 3.05) is 11.1 Å². The van der Waals surface area contributed by atoms with Gasteiger partial charge in [0.05, 0.1) is 0 Å². The Labute approximate surface area is 99.0 Å². The number of nitrogen functional groups attached to an aromatic ring is 1. The Morgan fingerprint density at radius 2 is 2.12 bits per heavy atom. The molecule has 0 bridgehead atoms. The van der Waals surface area contributed by atoms with Gasteiger partial charge in [0.25, 0.3) is 5.91 Å². The van der Waals surface area contributed by atoms with E-state index >= 15 is 0 Å². The molecule has 1 aromatic carbocycles. The molecule has 0 spiro atoms. The number of carbonyl (C=O) groups is 1. The largest absolute Gasteiger partial charge is 0.399 e. The van der Waals surface area contributed by atoms with Crippen molar-refractivity contribution < 1.29 is 4.79 Å². The number of nitrogens with one attached hydrogen (secondary N) is 2. The summed E-state index contributed by atoms with van der Waals surface area (Å²) in [5.74, 6) is -0.213. The van der Waals surface area contributed by atoms with Gasteiger partial charge in [-0.05, 0) is 43.2 Å². The Kier molecular flexibility index (Phi) is 2.82. The second-order valence-electron chi connectivity index (χ2n) is 3.95. The number of hydrogen-bond donors (Lipinski definition) is 3. The molecule has 1 aromatic heterocycles. The molecule has 5 nitrogen and oxygen atoms in total. The Morgan fingerprint density at radius 1 is 1.35 bits per heavy atom. The lowest BCUT2D eigenvalue weighted by Gasteiger charge is -2.10. The molecule has 0 aliphatic rings. The van der Waals surface area contributed by atoms with Crippen molar-refractivity contribution >= 4 is 17.3 Å². The molecule has 0 atom stereocenters. The molecule has 0 fully saturated rings. The van der Waals surface area contributed by atoms with E-state index in [-0.39, 0.29) is 5.91 Å². The second kappa shape index (κ2) is 4.29. The van der Waals surface area contributed by atoms with Gasteiger partial charge in [-0.1, -0.05) is 0 Å². The number of hydrogen-bond acceptors (Lipinski definition) is 3. The van der Waals surface area contributed by atoms with Crippen LogP contribution in [0.2, 0.25) is 0 Å². The fourth-order valence-electron chi connectivity index (χ4n) is 1.55. The van der Waals surface area contributed by atoms with Crippen LogP contribution in [0.5, 0.6) is 0 Å². The summed E-state index contributed by atoms with van der Waals surface area (Å²) in [6.07, 6.45) is 1.54. The van der Waals surface area contributed by atoms with Gasteiger partial charge in [-0.2, -0.15) is 5.10 Å². The average molecular weight is 230 g/mol. The fraction of sp³-hybridized carbons (Fsp3) is 0.167. The highest BCUT2D eigenvalue weighted by atomic mass is 16.1. The van der Waals surface area contributed by atoms with E-state index in [2.05, 4.69) is 15.5 Å². The van der Waals surface area contributed by atoms with Gasteiger partial charge in [0, 0.05) is 17.6 Å². The lowest BCUT2D eigenvalue weighted by molar-refractivity contribution is 0.102. The second-order valence-corrected chi connectivity index (χ2v) is 3.95. The van der Waals surface area contributed by atoms with Crippen LogP contribution in [0.25, 0.3) is 0 Å². The highest BCUT2D eigenvalue weighted by Gasteiger charge is 2.09. The molecule has 5 heteroatoms. The molecule has 0 radical (unpaired) electrons. The van der Waals surface area contributed by atoms with E-state index in [4.69, 9.17) is 5.73 Å². The lowest BCUT2D eigenvalue weighted by atomic mass is 10.1. The fourth-order valence-corrected chi connectivity index (χ4v) is 1.55. The monoisotopic (exact) mass is 230 g/mol. The number of aromatic amines is 1. The van der Waals surface area contributed by atoms with Gasteiger partial charge in [-0.3, -0.25) is 9.89 Å². The number of amides is 1. The van der Waals surface area contributed by atoms with Crippen molar-refractivity contribution in [3.05, 3.63) is 41.2 Å². The molecule has 0 unspecified atom stereocenters. The maximum atomic E-state index is 11.8. The molecule has 0 saturated carbocycles. The van der Waals surface area contributed by atoms with Crippen molar-refractivity contribution in [3.8, 4) is 0 Å². The highest BCUT2D eigenvalue weighted by molar-refractivity contribution is 6.03. The van der Waals surface area contributed by atoms with Crippen LogP contribution in [0.4, 0.5) is 11.4 Å². The van der Waals surface area contributed by atoms with E-state index in [1.54, 1.807) is 6.07 Å². The van der Waals surface area contributed by atoms with Crippen LogP contribution in [-0.4, -0.2) is 16.1 Å². The Morgan fingerprint density at radius 3 is 2.76 bits per heavy atom. The molecule has 17 heavy (non-hydrogen) atoms. The summed E-state index contributed by atoms with van der Waals surface area (Å²) in [7, 11) is 0. The first kappa shape index (κ1) is 11.2. The van der Waals surface area contributed by atoms with Crippen LogP contribution < -0.4 is 11.1 Å². The third kappa shape index (κ3) is 2.28. The zero-order valence-electron chi connectivity index (χ0n) is 9.74. The Balaban J connectivity index is 2.25. The van der Waals surface area contributed by atoms with Gasteiger partial charge >= 0.3 is 0 Å². The smallest absolute Gasteiger partial charge is 0.273 e. The number of carbonyl (C=O) groups excluding carboxylic acids is 1. The quantitative estimate of drug-likeness (QED) is 0.688. The number of aromatic nitrogens is 2. The van der Waals surface area contributed by atoms with Gasteiger partial charge in [0.1, 0.15) is 5.69 Å². The van der Waals surface area contributed by atoms with E-state index in [0.717, 1.165) is 22.5 Å². The van der Waals surface area contributed by atoms with Crippen molar-refractivity contribution in [2.45, 2.75) is 13.8 Å². The van der Waals surface area contributed by atoms with E-state index < -0.39 is 0 Å². The maximum Gasteiger partial charge on any atom is 0.273 e. The van der Waals surface area contributed by atoms with Crippen molar-refractivity contribution in [1.29, 1.82) is 0 Å². The van der Waals surface area contributed by atoms with Crippen LogP contribution in [0.15, 0.2) is 24.4 Å². The molecule has 4 N–H and O–H groups in total. The zero-order chi connectivity index (χ0) is 12.4. The number of anilines is 2. The average Bonchev–Trinajstić information content (AvgIpc) is 2.79. The minimum absolute atomic E-state index is 0.213. The number of benzene rings is 1. The van der Waals surface area contributed by atoms with E-state index in [9.17, 15) is 4.79 Å². The predicted molar refractivity (Wildman–Crippen MR) is 66.9 cm³/mol. The van der Waals surface area contributed by atoms with E-state index in [1.807, 2.05) is 26.0 Å². The molecular weight excluding hydrogens is 216 g/mol. The van der Waals surface area contributed by atoms with Gasteiger partial charge in [-0.25, -0.2) is 0 Å². The summed E-state index contributed by atoms with van der Waals surface area (Å²) in [4.78, 5) is 11.8. The normalized spacial score (nSPS) is 10.2. The summed E-state index contributed by atoms with van der Waals surface area (Å²) in [5.41, 5.74) is 9.57. The molecule has 0 aliphatic carbocycles. The summed E-state index contributed by atoms with van der Waals surface area (Å²) in [5, 5.41) is 9.16. The van der Waals surface area contributed by atoms with Gasteiger partial charge in [0.2, 0.25) is 0 Å². The molecule has 2 rings (SSSR count). The summed E-state index contributed by atoms with van der Waals surface area (Å²) in [6, 6.07) is 5.33. The number of aryl methyl sites for hydroxylation is 2. The van der Waals surface area contributed by atoms with Crippen LogP contribution in [0, 0.1) is 13.8 Å². The zero-order valence-corrected chi connectivity index (χ0v) is 9.74. The molecular formula is C12H14N4O. The van der Waals surface area contributed by atoms with Crippen LogP contribution in [0.3, 0.4) is 0 Å². The highest BCUT2D eigenvalue weighted by Crippen LogP contribution is 2.22. The first-order valence-electron chi connectivity index (χ1n) is 5.25. The first-order chi connectivity index (χ1) is 8.08. The summed E-state index contributed by atoms with van der Waals surface area (Å²) < 4.78 is 0. The SMILES string of the molecule is Cc1cc(NC(=O)c2ccn[nH]2)c(C)cc1N. The lowest BCUT2D eigenvalue weighted by Crippen LogP contribution is -2.13. The summed E-state index contributed by atoms with van der Waals surface area (Å²) >= 11 is 0. The minimum Gasteiger partial charge on any atom is -0.399 e. The number of nitrogens with zero attached hydrogens (tertiary/aromatic N) is 1. The minimum atomic E-state index is -0.213. The Hall–Kier alpha value is -2.30. The molecule has 88 valence electrons. The predicted octanol–water partition coefficient (Wildman–Crippen LogP) is 1.86. The van der Waals surface area contributed by atoms with E-state index in [0.29, 0.717) is 5.69 Å². The van der Waals surface area contributed by atoms with Crippen LogP contribution in [-0.2, 0) is 0 Å². The van der Waals surface area contributed by atoms with Crippen LogP contribution in [0.1, 0.15) is 21.6 Å². The van der Waals surface area contributed by atoms with Crippen molar-refractivity contribution in [2.24, 2.45) is 0 Å². The van der Waals surface area contributed by atoms with Crippen LogP contribution >= 0.6 is 0 Å². The third-order valence-electron chi connectivity index (χ3n) is 2.61. The van der Waals surface area contributed by atoms with E-state index in [1.165, 1.54) is 6.20 Å². The summed E-state index contributed by atoms with van der Waals surface area (Å²) in [6.45, 7) is 3.80. The Bertz CT molecular complexity index is 546. The molecule has 0 saturated heterocycles. The number of H-pyrrole nitrogens is 1. The molecule has 2 aromatic rings.